The van der Waals surface area contributed by atoms with Gasteiger partial charge in [-0.05, 0) is 25.8 Å². The number of hydrogen-bond donors (Lipinski definition) is 1. The van der Waals surface area contributed by atoms with Gasteiger partial charge in [0.25, 0.3) is 0 Å². The van der Waals surface area contributed by atoms with E-state index in [0.717, 1.165) is 6.42 Å². The van der Waals surface area contributed by atoms with Crippen LogP contribution in [0, 0.1) is 0 Å². The lowest BCUT2D eigenvalue weighted by molar-refractivity contribution is -0.143. The predicted molar refractivity (Wildman–Crippen MR) is 39.9 cm³/mol. The highest BCUT2D eigenvalue weighted by atomic mass is 16.5. The van der Waals surface area contributed by atoms with Crippen LogP contribution in [-0.4, -0.2) is 23.3 Å². The smallest absolute Gasteiger partial charge is 0.330 e. The van der Waals surface area contributed by atoms with Gasteiger partial charge in [-0.2, -0.15) is 0 Å². The van der Waals surface area contributed by atoms with E-state index in [1.54, 1.807) is 0 Å². The molecule has 0 aliphatic carbocycles. The van der Waals surface area contributed by atoms with Crippen LogP contribution >= 0.6 is 0 Å². The van der Waals surface area contributed by atoms with Crippen molar-refractivity contribution < 1.29 is 14.6 Å². The van der Waals surface area contributed by atoms with Gasteiger partial charge in [0, 0.05) is 6.08 Å². The van der Waals surface area contributed by atoms with Gasteiger partial charge in [-0.1, -0.05) is 0 Å². The average Bonchev–Trinajstić information content (AvgIpc) is 1.95. The summed E-state index contributed by atoms with van der Waals surface area (Å²) in [5.41, 5.74) is 0. The summed E-state index contributed by atoms with van der Waals surface area (Å²) in [4.78, 5) is 10.8. The predicted octanol–water partition coefficient (Wildman–Crippen LogP) is 0.629. The van der Waals surface area contributed by atoms with Gasteiger partial charge >= 0.3 is 5.97 Å². The fraction of sp³-hybridized carbons (Fsp3) is 0.625. The molecule has 62 valence electrons. The first-order chi connectivity index (χ1) is 5.18. The number of ether oxygens (including phenoxy) is 1. The van der Waals surface area contributed by atoms with Crippen LogP contribution < -0.4 is 0 Å². The topological polar surface area (TPSA) is 46.5 Å². The molecule has 0 bridgehead atoms. The molecular weight excluding hydrogens is 144 g/mol. The second kappa shape index (κ2) is 3.53. The lowest BCUT2D eigenvalue weighted by atomic mass is 10.1. The molecule has 3 nitrogen and oxygen atoms in total. The van der Waals surface area contributed by atoms with Gasteiger partial charge in [0.15, 0.2) is 0 Å². The molecule has 0 radical (unpaired) electrons. The molecule has 1 aliphatic rings. The number of rotatable bonds is 0. The zero-order valence-corrected chi connectivity index (χ0v) is 6.49. The standard InChI is InChI=1S/C8H12O3/c1-6-2-3-7(9)4-5-8(10)11-6/h4-7,9H,2-3H2,1H3/b5-4-. The van der Waals surface area contributed by atoms with Crippen molar-refractivity contribution in [2.45, 2.75) is 32.0 Å². The van der Waals surface area contributed by atoms with Gasteiger partial charge in [-0.3, -0.25) is 0 Å². The van der Waals surface area contributed by atoms with Crippen molar-refractivity contribution in [2.24, 2.45) is 0 Å². The quantitative estimate of drug-likeness (QED) is 0.523. The molecule has 2 atom stereocenters. The molecule has 0 saturated carbocycles. The summed E-state index contributed by atoms with van der Waals surface area (Å²) in [5, 5.41) is 9.16. The van der Waals surface area contributed by atoms with E-state index < -0.39 is 6.10 Å². The largest absolute Gasteiger partial charge is 0.460 e. The van der Waals surface area contributed by atoms with Crippen molar-refractivity contribution in [1.82, 2.24) is 0 Å². The van der Waals surface area contributed by atoms with E-state index in [4.69, 9.17) is 9.84 Å². The third-order valence-corrected chi connectivity index (χ3v) is 1.64. The van der Waals surface area contributed by atoms with Gasteiger partial charge in [0.2, 0.25) is 0 Å². The van der Waals surface area contributed by atoms with Gasteiger partial charge < -0.3 is 9.84 Å². The molecule has 0 aromatic rings. The van der Waals surface area contributed by atoms with Crippen LogP contribution in [-0.2, 0) is 9.53 Å². The number of hydrogen-bond acceptors (Lipinski definition) is 3. The lowest BCUT2D eigenvalue weighted by Gasteiger charge is -2.15. The first kappa shape index (κ1) is 8.27. The van der Waals surface area contributed by atoms with Crippen LogP contribution in [0.15, 0.2) is 12.2 Å². The SMILES string of the molecule is CC1CCC(O)/C=C\C(=O)O1. The molecule has 1 N–H and O–H groups in total. The third-order valence-electron chi connectivity index (χ3n) is 1.64. The molecular formula is C8H12O3. The number of aliphatic hydroxyl groups excluding tert-OH is 1. The molecule has 0 spiro atoms. The maximum Gasteiger partial charge on any atom is 0.330 e. The van der Waals surface area contributed by atoms with Crippen molar-refractivity contribution in [3.05, 3.63) is 12.2 Å². The maximum atomic E-state index is 10.8. The number of esters is 1. The Morgan fingerprint density at radius 2 is 2.36 bits per heavy atom. The van der Waals surface area contributed by atoms with Gasteiger partial charge in [-0.25, -0.2) is 4.79 Å². The van der Waals surface area contributed by atoms with E-state index in [0.29, 0.717) is 6.42 Å². The number of aliphatic hydroxyl groups is 1. The van der Waals surface area contributed by atoms with E-state index in [1.807, 2.05) is 6.92 Å². The van der Waals surface area contributed by atoms with Crippen molar-refractivity contribution in [2.75, 3.05) is 0 Å². The highest BCUT2D eigenvalue weighted by Gasteiger charge is 2.12. The number of carbonyl (C=O) groups excluding carboxylic acids is 1. The highest BCUT2D eigenvalue weighted by Crippen LogP contribution is 2.09. The molecule has 3 heteroatoms. The van der Waals surface area contributed by atoms with Crippen LogP contribution in [0.5, 0.6) is 0 Å². The monoisotopic (exact) mass is 156 g/mol. The minimum Gasteiger partial charge on any atom is -0.460 e. The zero-order valence-electron chi connectivity index (χ0n) is 6.49. The summed E-state index contributed by atoms with van der Waals surface area (Å²) in [6.45, 7) is 1.82. The van der Waals surface area contributed by atoms with E-state index in [1.165, 1.54) is 12.2 Å². The highest BCUT2D eigenvalue weighted by molar-refractivity contribution is 5.82. The summed E-state index contributed by atoms with van der Waals surface area (Å²) in [6.07, 6.45) is 3.55. The van der Waals surface area contributed by atoms with E-state index >= 15 is 0 Å². The van der Waals surface area contributed by atoms with Gasteiger partial charge in [0.05, 0.1) is 12.2 Å². The second-order valence-electron chi connectivity index (χ2n) is 2.75. The minimum absolute atomic E-state index is 0.0814. The van der Waals surface area contributed by atoms with Crippen molar-refractivity contribution in [3.8, 4) is 0 Å². The molecule has 0 amide bonds. The Balaban J connectivity index is 2.57. The van der Waals surface area contributed by atoms with Gasteiger partial charge in [0.1, 0.15) is 0 Å². The summed E-state index contributed by atoms with van der Waals surface area (Å²) in [7, 11) is 0. The maximum absolute atomic E-state index is 10.8. The fourth-order valence-corrected chi connectivity index (χ4v) is 0.988. The van der Waals surface area contributed by atoms with Crippen molar-refractivity contribution in [1.29, 1.82) is 0 Å². The summed E-state index contributed by atoms with van der Waals surface area (Å²) >= 11 is 0. The van der Waals surface area contributed by atoms with E-state index in [2.05, 4.69) is 0 Å². The normalized spacial score (nSPS) is 35.3. The number of carbonyl (C=O) groups is 1. The second-order valence-corrected chi connectivity index (χ2v) is 2.75. The lowest BCUT2D eigenvalue weighted by Crippen LogP contribution is -2.18. The van der Waals surface area contributed by atoms with Crippen LogP contribution in [0.25, 0.3) is 0 Å². The molecule has 1 heterocycles. The molecule has 0 saturated heterocycles. The van der Waals surface area contributed by atoms with Crippen molar-refractivity contribution >= 4 is 5.97 Å². The Labute approximate surface area is 65.7 Å². The first-order valence-corrected chi connectivity index (χ1v) is 3.75. The van der Waals surface area contributed by atoms with E-state index in [-0.39, 0.29) is 12.1 Å². The summed E-state index contributed by atoms with van der Waals surface area (Å²) in [6, 6.07) is 0. The molecule has 1 rings (SSSR count). The Morgan fingerprint density at radius 3 is 3.09 bits per heavy atom. The molecule has 1 aliphatic heterocycles. The molecule has 11 heavy (non-hydrogen) atoms. The molecule has 0 aromatic carbocycles. The Hall–Kier alpha value is -0.830. The number of cyclic esters (lactones) is 1. The first-order valence-electron chi connectivity index (χ1n) is 3.75. The third kappa shape index (κ3) is 2.72. The molecule has 2 unspecified atom stereocenters. The minimum atomic E-state index is -0.495. The van der Waals surface area contributed by atoms with Crippen LogP contribution in [0.1, 0.15) is 19.8 Å². The zero-order chi connectivity index (χ0) is 8.27. The summed E-state index contributed by atoms with van der Waals surface area (Å²) < 4.78 is 4.90. The Morgan fingerprint density at radius 1 is 1.64 bits per heavy atom. The summed E-state index contributed by atoms with van der Waals surface area (Å²) in [5.74, 6) is -0.365. The van der Waals surface area contributed by atoms with Crippen molar-refractivity contribution in [3.63, 3.8) is 0 Å². The Kier molecular flexibility index (Phi) is 2.65. The fourth-order valence-electron chi connectivity index (χ4n) is 0.988. The van der Waals surface area contributed by atoms with E-state index in [9.17, 15) is 4.79 Å². The molecule has 0 aromatic heterocycles. The average molecular weight is 156 g/mol. The van der Waals surface area contributed by atoms with Crippen LogP contribution in [0.4, 0.5) is 0 Å². The van der Waals surface area contributed by atoms with Crippen LogP contribution in [0.3, 0.4) is 0 Å². The molecule has 0 fully saturated rings. The Bertz CT molecular complexity index is 174. The van der Waals surface area contributed by atoms with Gasteiger partial charge in [-0.15, -0.1) is 0 Å². The van der Waals surface area contributed by atoms with Crippen LogP contribution in [0.2, 0.25) is 0 Å².